The van der Waals surface area contributed by atoms with Crippen molar-refractivity contribution in [2.24, 2.45) is 7.05 Å². The van der Waals surface area contributed by atoms with Gasteiger partial charge in [0.2, 0.25) is 10.0 Å². The number of benzene rings is 1. The number of aromatic nitrogens is 2. The van der Waals surface area contributed by atoms with E-state index in [2.05, 4.69) is 9.82 Å². The fraction of sp³-hybridized carbons (Fsp3) is 0.400. The van der Waals surface area contributed by atoms with Crippen molar-refractivity contribution in [1.29, 1.82) is 0 Å². The minimum atomic E-state index is -3.60. The van der Waals surface area contributed by atoms with Crippen LogP contribution in [-0.4, -0.2) is 24.8 Å². The number of sulfonamides is 1. The van der Waals surface area contributed by atoms with E-state index in [9.17, 15) is 8.42 Å². The Morgan fingerprint density at radius 3 is 2.45 bits per heavy atom. The maximum atomic E-state index is 12.4. The van der Waals surface area contributed by atoms with Crippen molar-refractivity contribution in [3.63, 3.8) is 0 Å². The summed E-state index contributed by atoms with van der Waals surface area (Å²) in [5, 5.41) is 3.98. The number of rotatable bonds is 6. The lowest BCUT2D eigenvalue weighted by Crippen LogP contribution is -2.27. The zero-order valence-electron chi connectivity index (χ0n) is 13.2. The van der Waals surface area contributed by atoms with Crippen molar-refractivity contribution in [2.75, 3.05) is 6.61 Å². The molecule has 1 heterocycles. The van der Waals surface area contributed by atoms with Crippen LogP contribution >= 0.6 is 0 Å². The van der Waals surface area contributed by atoms with E-state index in [4.69, 9.17) is 4.74 Å². The van der Waals surface area contributed by atoms with Crippen LogP contribution in [0.5, 0.6) is 5.75 Å². The number of aryl methyl sites for hydroxylation is 1. The fourth-order valence-electron chi connectivity index (χ4n) is 2.13. The van der Waals surface area contributed by atoms with Gasteiger partial charge in [-0.2, -0.15) is 5.10 Å². The molecule has 7 heteroatoms. The Bertz CT molecular complexity index is 736. The molecule has 1 N–H and O–H groups in total. The lowest BCUT2D eigenvalue weighted by atomic mass is 10.1. The molecule has 0 radical (unpaired) electrons. The van der Waals surface area contributed by atoms with Crippen molar-refractivity contribution in [1.82, 2.24) is 14.5 Å². The molecule has 2 aromatic rings. The topological polar surface area (TPSA) is 73.2 Å². The lowest BCUT2D eigenvalue weighted by Gasteiger charge is -2.15. The third-order valence-corrected chi connectivity index (χ3v) is 5.15. The molecule has 1 aromatic carbocycles. The van der Waals surface area contributed by atoms with E-state index >= 15 is 0 Å². The van der Waals surface area contributed by atoms with Gasteiger partial charge in [-0.15, -0.1) is 0 Å². The molecule has 0 fully saturated rings. The Kier molecular flexibility index (Phi) is 4.87. The zero-order valence-corrected chi connectivity index (χ0v) is 14.0. The van der Waals surface area contributed by atoms with E-state index in [1.807, 2.05) is 31.2 Å². The summed E-state index contributed by atoms with van der Waals surface area (Å²) < 4.78 is 34.5. The second-order valence-corrected chi connectivity index (χ2v) is 6.75. The molecule has 120 valence electrons. The third-order valence-electron chi connectivity index (χ3n) is 3.50. The summed E-state index contributed by atoms with van der Waals surface area (Å²) in [6.07, 6.45) is 1.36. The van der Waals surface area contributed by atoms with Crippen LogP contribution in [0.2, 0.25) is 0 Å². The normalized spacial score (nSPS) is 13.1. The minimum Gasteiger partial charge on any atom is -0.494 e. The molecule has 0 bridgehead atoms. The highest BCUT2D eigenvalue weighted by molar-refractivity contribution is 7.89. The quantitative estimate of drug-likeness (QED) is 0.884. The van der Waals surface area contributed by atoms with Crippen LogP contribution in [0.3, 0.4) is 0 Å². The smallest absolute Gasteiger partial charge is 0.244 e. The van der Waals surface area contributed by atoms with Crippen molar-refractivity contribution < 1.29 is 13.2 Å². The maximum absolute atomic E-state index is 12.4. The van der Waals surface area contributed by atoms with Gasteiger partial charge in [0, 0.05) is 13.1 Å². The van der Waals surface area contributed by atoms with Crippen molar-refractivity contribution in [3.05, 3.63) is 41.7 Å². The van der Waals surface area contributed by atoms with E-state index in [0.29, 0.717) is 12.3 Å². The van der Waals surface area contributed by atoms with E-state index in [-0.39, 0.29) is 10.9 Å². The van der Waals surface area contributed by atoms with Crippen LogP contribution in [0.15, 0.2) is 35.4 Å². The van der Waals surface area contributed by atoms with Crippen LogP contribution in [0.25, 0.3) is 0 Å². The first-order valence-corrected chi connectivity index (χ1v) is 8.57. The molecule has 0 saturated heterocycles. The molecule has 0 amide bonds. The molecule has 2 rings (SSSR count). The van der Waals surface area contributed by atoms with Crippen LogP contribution in [0.1, 0.15) is 31.1 Å². The summed E-state index contributed by atoms with van der Waals surface area (Å²) in [5.74, 6) is 0.768. The minimum absolute atomic E-state index is 0.202. The van der Waals surface area contributed by atoms with Crippen molar-refractivity contribution in [2.45, 2.75) is 31.7 Å². The molecule has 0 aliphatic carbocycles. The van der Waals surface area contributed by atoms with Gasteiger partial charge in [0.25, 0.3) is 0 Å². The predicted octanol–water partition coefficient (Wildman–Crippen LogP) is 2.17. The van der Waals surface area contributed by atoms with Gasteiger partial charge in [0.15, 0.2) is 0 Å². The summed E-state index contributed by atoms with van der Waals surface area (Å²) in [6.45, 7) is 6.05. The van der Waals surface area contributed by atoms with Crippen LogP contribution < -0.4 is 9.46 Å². The standard InChI is InChI=1S/C15H21N3O3S/c1-5-21-14-8-6-13(7-9-14)11(2)17-22(19,20)15-10-16-18(4)12(15)3/h6-11,17H,5H2,1-4H3. The highest BCUT2D eigenvalue weighted by atomic mass is 32.2. The second kappa shape index (κ2) is 6.50. The van der Waals surface area contributed by atoms with Gasteiger partial charge >= 0.3 is 0 Å². The SMILES string of the molecule is CCOc1ccc(C(C)NS(=O)(=O)c2cnn(C)c2C)cc1. The third kappa shape index (κ3) is 3.48. The molecule has 0 aliphatic rings. The molecule has 1 unspecified atom stereocenters. The maximum Gasteiger partial charge on any atom is 0.244 e. The number of nitrogens with one attached hydrogen (secondary N) is 1. The number of hydrogen-bond acceptors (Lipinski definition) is 4. The van der Waals surface area contributed by atoms with Gasteiger partial charge in [-0.05, 0) is 38.5 Å². The zero-order chi connectivity index (χ0) is 16.3. The summed E-state index contributed by atoms with van der Waals surface area (Å²) in [7, 11) is -1.89. The summed E-state index contributed by atoms with van der Waals surface area (Å²) >= 11 is 0. The molecular formula is C15H21N3O3S. The fourth-order valence-corrected chi connectivity index (χ4v) is 3.56. The van der Waals surface area contributed by atoms with Gasteiger partial charge in [-0.3, -0.25) is 4.68 Å². The molecule has 6 nitrogen and oxygen atoms in total. The number of hydrogen-bond donors (Lipinski definition) is 1. The van der Waals surface area contributed by atoms with Gasteiger partial charge in [-0.25, -0.2) is 13.1 Å². The van der Waals surface area contributed by atoms with E-state index < -0.39 is 10.0 Å². The molecule has 0 aliphatic heterocycles. The van der Waals surface area contributed by atoms with Gasteiger partial charge < -0.3 is 4.74 Å². The van der Waals surface area contributed by atoms with Gasteiger partial charge in [-0.1, -0.05) is 12.1 Å². The Morgan fingerprint density at radius 2 is 1.95 bits per heavy atom. The highest BCUT2D eigenvalue weighted by Crippen LogP contribution is 2.21. The van der Waals surface area contributed by atoms with Gasteiger partial charge in [0.05, 0.1) is 18.5 Å². The first-order valence-electron chi connectivity index (χ1n) is 7.09. The molecular weight excluding hydrogens is 302 g/mol. The Morgan fingerprint density at radius 1 is 1.32 bits per heavy atom. The molecule has 1 aromatic heterocycles. The van der Waals surface area contributed by atoms with Crippen molar-refractivity contribution >= 4 is 10.0 Å². The first kappa shape index (κ1) is 16.5. The predicted molar refractivity (Wildman–Crippen MR) is 84.3 cm³/mol. The van der Waals surface area contributed by atoms with E-state index in [0.717, 1.165) is 11.3 Å². The van der Waals surface area contributed by atoms with Gasteiger partial charge in [0.1, 0.15) is 10.6 Å². The Hall–Kier alpha value is -1.86. The summed E-state index contributed by atoms with van der Waals surface area (Å²) in [4.78, 5) is 0.202. The molecule has 1 atom stereocenters. The Balaban J connectivity index is 2.17. The largest absolute Gasteiger partial charge is 0.494 e. The van der Waals surface area contributed by atoms with Crippen LogP contribution in [0.4, 0.5) is 0 Å². The summed E-state index contributed by atoms with van der Waals surface area (Å²) in [6, 6.07) is 7.03. The molecule has 22 heavy (non-hydrogen) atoms. The van der Waals surface area contributed by atoms with Crippen LogP contribution in [0, 0.1) is 6.92 Å². The van der Waals surface area contributed by atoms with Crippen molar-refractivity contribution in [3.8, 4) is 5.75 Å². The van der Waals surface area contributed by atoms with E-state index in [1.165, 1.54) is 10.9 Å². The summed E-state index contributed by atoms with van der Waals surface area (Å²) in [5.41, 5.74) is 1.47. The highest BCUT2D eigenvalue weighted by Gasteiger charge is 2.22. The van der Waals surface area contributed by atoms with Crippen LogP contribution in [-0.2, 0) is 17.1 Å². The van der Waals surface area contributed by atoms with E-state index in [1.54, 1.807) is 20.9 Å². The lowest BCUT2D eigenvalue weighted by molar-refractivity contribution is 0.340. The molecule has 0 spiro atoms. The monoisotopic (exact) mass is 323 g/mol. The second-order valence-electron chi connectivity index (χ2n) is 5.06. The first-order chi connectivity index (χ1) is 10.3. The Labute approximate surface area is 131 Å². The average Bonchev–Trinajstić information content (AvgIpc) is 2.80. The average molecular weight is 323 g/mol. The number of ether oxygens (including phenoxy) is 1. The molecule has 0 saturated carbocycles. The number of nitrogens with zero attached hydrogens (tertiary/aromatic N) is 2.